The normalized spacial score (nSPS) is 23.3. The molecule has 1 fully saturated rings. The predicted molar refractivity (Wildman–Crippen MR) is 85.4 cm³/mol. The lowest BCUT2D eigenvalue weighted by atomic mass is 9.92. The van der Waals surface area contributed by atoms with Crippen LogP contribution in [0.25, 0.3) is 10.9 Å². The number of aromatic amines is 1. The molecule has 0 bridgehead atoms. The van der Waals surface area contributed by atoms with Gasteiger partial charge in [0, 0.05) is 22.5 Å². The first-order valence-corrected chi connectivity index (χ1v) is 7.78. The number of anilines is 1. The standard InChI is InChI=1S/C17H21ClN2/c1-11-6-12(2)10-20(9-11)17-7-13(3)15-5-4-14(18)8-16(15)19-17/h4-5,7-8,11-12H,6,9-10H2,1-3H3/p+1/t11-,12-/m1/s1. The van der Waals surface area contributed by atoms with Gasteiger partial charge in [0.25, 0.3) is 5.82 Å². The maximum atomic E-state index is 6.12. The Labute approximate surface area is 125 Å². The van der Waals surface area contributed by atoms with Crippen molar-refractivity contribution in [2.45, 2.75) is 27.2 Å². The van der Waals surface area contributed by atoms with E-state index in [-0.39, 0.29) is 0 Å². The topological polar surface area (TPSA) is 17.4 Å². The van der Waals surface area contributed by atoms with Crippen molar-refractivity contribution in [3.05, 3.63) is 34.9 Å². The molecular weight excluding hydrogens is 268 g/mol. The Morgan fingerprint density at radius 1 is 1.15 bits per heavy atom. The van der Waals surface area contributed by atoms with Gasteiger partial charge in [0.1, 0.15) is 5.52 Å². The van der Waals surface area contributed by atoms with Crippen LogP contribution < -0.4 is 9.88 Å². The fourth-order valence-corrected chi connectivity index (χ4v) is 3.62. The first kappa shape index (κ1) is 13.7. The molecular formula is C17H22ClN2+. The number of aromatic nitrogens is 1. The SMILES string of the molecule is Cc1cc(N2C[C@H](C)C[C@@H](C)C2)[nH+]c2cc(Cl)ccc12. The molecule has 1 aromatic carbocycles. The number of hydrogen-bond acceptors (Lipinski definition) is 1. The number of piperidine rings is 1. The minimum atomic E-state index is 0.752. The van der Waals surface area contributed by atoms with Gasteiger partial charge in [0.05, 0.1) is 13.1 Å². The molecule has 20 heavy (non-hydrogen) atoms. The van der Waals surface area contributed by atoms with Crippen LogP contribution in [-0.2, 0) is 0 Å². The van der Waals surface area contributed by atoms with E-state index in [1.54, 1.807) is 0 Å². The van der Waals surface area contributed by atoms with Crippen molar-refractivity contribution in [2.24, 2.45) is 11.8 Å². The van der Waals surface area contributed by atoms with Crippen molar-refractivity contribution in [1.29, 1.82) is 0 Å². The van der Waals surface area contributed by atoms with Crippen molar-refractivity contribution in [3.8, 4) is 0 Å². The smallest absolute Gasteiger partial charge is 0.261 e. The zero-order valence-corrected chi connectivity index (χ0v) is 13.2. The molecule has 1 aliphatic heterocycles. The van der Waals surface area contributed by atoms with Crippen molar-refractivity contribution >= 4 is 28.3 Å². The number of hydrogen-bond donors (Lipinski definition) is 0. The second-order valence-electron chi connectivity index (χ2n) is 6.38. The second kappa shape index (κ2) is 5.25. The van der Waals surface area contributed by atoms with Gasteiger partial charge < -0.3 is 0 Å². The molecule has 0 aliphatic carbocycles. The number of aryl methyl sites for hydroxylation is 1. The number of rotatable bonds is 1. The Morgan fingerprint density at radius 2 is 1.85 bits per heavy atom. The lowest BCUT2D eigenvalue weighted by Gasteiger charge is -2.30. The maximum absolute atomic E-state index is 6.12. The summed E-state index contributed by atoms with van der Waals surface area (Å²) in [7, 11) is 0. The summed E-state index contributed by atoms with van der Waals surface area (Å²) in [5.41, 5.74) is 2.43. The Morgan fingerprint density at radius 3 is 2.55 bits per heavy atom. The first-order valence-electron chi connectivity index (χ1n) is 7.40. The second-order valence-corrected chi connectivity index (χ2v) is 6.81. The van der Waals surface area contributed by atoms with Crippen LogP contribution in [0.15, 0.2) is 24.3 Å². The van der Waals surface area contributed by atoms with Gasteiger partial charge >= 0.3 is 0 Å². The van der Waals surface area contributed by atoms with Crippen molar-refractivity contribution < 1.29 is 4.98 Å². The van der Waals surface area contributed by atoms with Crippen molar-refractivity contribution in [3.63, 3.8) is 0 Å². The van der Waals surface area contributed by atoms with E-state index in [4.69, 9.17) is 11.6 Å². The summed E-state index contributed by atoms with van der Waals surface area (Å²) in [5, 5.41) is 2.03. The summed E-state index contributed by atoms with van der Waals surface area (Å²) in [6.07, 6.45) is 1.33. The highest BCUT2D eigenvalue weighted by molar-refractivity contribution is 6.31. The van der Waals surface area contributed by atoms with Crippen LogP contribution in [-0.4, -0.2) is 13.1 Å². The van der Waals surface area contributed by atoms with E-state index in [2.05, 4.69) is 42.8 Å². The quantitative estimate of drug-likeness (QED) is 0.773. The average molecular weight is 290 g/mol. The van der Waals surface area contributed by atoms with Gasteiger partial charge in [-0.05, 0) is 42.9 Å². The summed E-state index contributed by atoms with van der Waals surface area (Å²) in [6, 6.07) is 8.33. The Hall–Kier alpha value is -1.28. The summed E-state index contributed by atoms with van der Waals surface area (Å²) in [5.74, 6) is 2.72. The maximum Gasteiger partial charge on any atom is 0.275 e. The number of halogens is 1. The molecule has 1 N–H and O–H groups in total. The lowest BCUT2D eigenvalue weighted by molar-refractivity contribution is -0.331. The zero-order chi connectivity index (χ0) is 14.3. The summed E-state index contributed by atoms with van der Waals surface area (Å²) >= 11 is 6.12. The minimum Gasteiger partial charge on any atom is -0.261 e. The molecule has 2 aromatic rings. The molecule has 0 unspecified atom stereocenters. The van der Waals surface area contributed by atoms with Crippen LogP contribution in [0.4, 0.5) is 5.82 Å². The monoisotopic (exact) mass is 289 g/mol. The number of fused-ring (bicyclic) bond motifs is 1. The molecule has 0 spiro atoms. The molecule has 2 nitrogen and oxygen atoms in total. The zero-order valence-electron chi connectivity index (χ0n) is 12.4. The van der Waals surface area contributed by atoms with Gasteiger partial charge in [-0.25, -0.2) is 4.98 Å². The van der Waals surface area contributed by atoms with Gasteiger partial charge in [0.2, 0.25) is 0 Å². The molecule has 3 rings (SSSR count). The number of H-pyrrole nitrogens is 1. The number of nitrogens with zero attached hydrogens (tertiary/aromatic N) is 1. The highest BCUT2D eigenvalue weighted by Gasteiger charge is 2.28. The van der Waals surface area contributed by atoms with Crippen LogP contribution in [0, 0.1) is 18.8 Å². The highest BCUT2D eigenvalue weighted by Crippen LogP contribution is 2.27. The van der Waals surface area contributed by atoms with Gasteiger partial charge in [0.15, 0.2) is 0 Å². The molecule has 3 heteroatoms. The van der Waals surface area contributed by atoms with Crippen molar-refractivity contribution in [2.75, 3.05) is 18.0 Å². The Bertz CT molecular complexity index is 628. The minimum absolute atomic E-state index is 0.752. The third kappa shape index (κ3) is 2.62. The third-order valence-corrected chi connectivity index (χ3v) is 4.47. The van der Waals surface area contributed by atoms with Gasteiger partial charge in [-0.15, -0.1) is 0 Å². The van der Waals surface area contributed by atoms with Crippen molar-refractivity contribution in [1.82, 2.24) is 0 Å². The van der Waals surface area contributed by atoms with E-state index < -0.39 is 0 Å². The van der Waals surface area contributed by atoms with E-state index in [1.165, 1.54) is 23.2 Å². The Kier molecular flexibility index (Phi) is 3.59. The summed E-state index contributed by atoms with van der Waals surface area (Å²) in [6.45, 7) is 9.12. The highest BCUT2D eigenvalue weighted by atomic mass is 35.5. The van der Waals surface area contributed by atoms with Crippen LogP contribution in [0.1, 0.15) is 25.8 Å². The molecule has 2 heterocycles. The van der Waals surface area contributed by atoms with E-state index in [9.17, 15) is 0 Å². The predicted octanol–water partition coefficient (Wildman–Crippen LogP) is 4.10. The van der Waals surface area contributed by atoms with E-state index in [0.29, 0.717) is 0 Å². The number of pyridine rings is 1. The van der Waals surface area contributed by atoms with Crippen LogP contribution in [0.3, 0.4) is 0 Å². The molecule has 1 saturated heterocycles. The van der Waals surface area contributed by atoms with E-state index >= 15 is 0 Å². The molecule has 1 aromatic heterocycles. The number of benzene rings is 1. The van der Waals surface area contributed by atoms with Gasteiger partial charge in [-0.2, -0.15) is 0 Å². The summed E-state index contributed by atoms with van der Waals surface area (Å²) < 4.78 is 0. The molecule has 1 aliphatic rings. The largest absolute Gasteiger partial charge is 0.275 e. The molecule has 0 amide bonds. The third-order valence-electron chi connectivity index (χ3n) is 4.23. The first-order chi connectivity index (χ1) is 9.52. The van der Waals surface area contributed by atoms with Gasteiger partial charge in [-0.1, -0.05) is 25.4 Å². The van der Waals surface area contributed by atoms with E-state index in [0.717, 1.165) is 35.5 Å². The average Bonchev–Trinajstić information content (AvgIpc) is 2.36. The van der Waals surface area contributed by atoms with Gasteiger partial charge in [-0.3, -0.25) is 4.90 Å². The molecule has 0 radical (unpaired) electrons. The fraction of sp³-hybridized carbons (Fsp3) is 0.471. The number of nitrogens with one attached hydrogen (secondary N) is 1. The molecule has 0 saturated carbocycles. The molecule has 2 atom stereocenters. The fourth-order valence-electron chi connectivity index (χ4n) is 3.45. The van der Waals surface area contributed by atoms with Crippen LogP contribution in [0.2, 0.25) is 5.02 Å². The Balaban J connectivity index is 2.03. The molecule has 106 valence electrons. The lowest BCUT2D eigenvalue weighted by Crippen LogP contribution is -2.41. The van der Waals surface area contributed by atoms with Crippen LogP contribution >= 0.6 is 11.6 Å². The summed E-state index contributed by atoms with van der Waals surface area (Å²) in [4.78, 5) is 6.04. The van der Waals surface area contributed by atoms with Crippen LogP contribution in [0.5, 0.6) is 0 Å². The van der Waals surface area contributed by atoms with E-state index in [1.807, 2.05) is 12.1 Å².